The van der Waals surface area contributed by atoms with Crippen LogP contribution < -0.4 is 0 Å². The van der Waals surface area contributed by atoms with Gasteiger partial charge in [0, 0.05) is 0 Å². The summed E-state index contributed by atoms with van der Waals surface area (Å²) in [5, 5.41) is 0. The van der Waals surface area contributed by atoms with Gasteiger partial charge in [-0.3, -0.25) is 28.2 Å². The normalized spacial score (nSPS) is 4.92. The maximum absolute atomic E-state index is 8.88. The van der Waals surface area contributed by atoms with Gasteiger partial charge in [0.05, 0.1) is 0 Å². The van der Waals surface area contributed by atoms with Crippen molar-refractivity contribution in [3.05, 3.63) is 0 Å². The summed E-state index contributed by atoms with van der Waals surface area (Å²) in [6.07, 6.45) is 0. The Morgan fingerprint density at radius 2 is 0.667 bits per heavy atom. The number of rotatable bonds is 0. The first-order chi connectivity index (χ1) is 2.00. The molecule has 12 heavy (non-hydrogen) atoms. The summed E-state index contributed by atoms with van der Waals surface area (Å²) < 4.78 is 8.88. The quantitative estimate of drug-likeness (QED) is 0.285. The topological polar surface area (TPSA) is 77.8 Å². The molecule has 0 heterocycles. The van der Waals surface area contributed by atoms with Crippen molar-refractivity contribution in [2.45, 2.75) is 0 Å². The van der Waals surface area contributed by atoms with Crippen molar-refractivity contribution in [2.24, 2.45) is 0 Å². The van der Waals surface area contributed by atoms with E-state index in [2.05, 4.69) is 0 Å². The Balaban J connectivity index is -0.00000000381. The van der Waals surface area contributed by atoms with Crippen LogP contribution in [0.25, 0.3) is 0 Å². The van der Waals surface area contributed by atoms with E-state index in [-0.39, 0.29) is 38.3 Å². The molecule has 3 N–H and O–H groups in total. The molecular formula is H11BeF6O4P. The van der Waals surface area contributed by atoms with E-state index in [0.29, 0.717) is 0 Å². The van der Waals surface area contributed by atoms with E-state index in [1.54, 1.807) is 0 Å². The summed E-state index contributed by atoms with van der Waals surface area (Å²) in [6, 6.07) is 0. The fourth-order valence-electron chi connectivity index (χ4n) is 0. The van der Waals surface area contributed by atoms with Crippen molar-refractivity contribution >= 4 is 17.9 Å². The number of halogens is 6. The maximum atomic E-state index is 8.88. The van der Waals surface area contributed by atoms with Crippen molar-refractivity contribution in [1.82, 2.24) is 0 Å². The summed E-state index contributed by atoms with van der Waals surface area (Å²) in [5.74, 6) is 0. The Hall–Kier alpha value is -0.141. The number of phosphoric acid groups is 1. The third-order valence-corrected chi connectivity index (χ3v) is 0. The van der Waals surface area contributed by atoms with Crippen LogP contribution in [-0.4, -0.2) is 24.8 Å². The Labute approximate surface area is 66.6 Å². The fraction of sp³-hybridized carbons (Fsp3) is 0. The average Bonchev–Trinajstić information content (AvgIpc) is 0.722. The van der Waals surface area contributed by atoms with Crippen LogP contribution in [0.4, 0.5) is 28.2 Å². The molecule has 0 radical (unpaired) electrons. The van der Waals surface area contributed by atoms with Crippen molar-refractivity contribution < 1.29 is 47.5 Å². The van der Waals surface area contributed by atoms with E-state index in [1.807, 2.05) is 0 Å². The molecule has 0 unspecified atom stereocenters. The summed E-state index contributed by atoms with van der Waals surface area (Å²) in [4.78, 5) is 21.6. The fourth-order valence-corrected chi connectivity index (χ4v) is 0. The number of hydrogen-bond acceptors (Lipinski definition) is 1. The predicted molar refractivity (Wildman–Crippen MR) is 37.8 cm³/mol. The molecule has 0 bridgehead atoms. The standard InChI is InChI=1S/Be.6FH.H3O4P.2H/c;;;;;;;1-5(2,3)4;;/h;6*1H;(H3,1,2,3,4);;. The van der Waals surface area contributed by atoms with Crippen LogP contribution in [0, 0.1) is 0 Å². The van der Waals surface area contributed by atoms with E-state index in [9.17, 15) is 0 Å². The van der Waals surface area contributed by atoms with Crippen LogP contribution in [0.3, 0.4) is 0 Å². The SMILES string of the molecule is F.F.F.F.F.F.O=P(O)(O)O.[BeH2]. The monoisotopic (exact) mass is 229 g/mol. The molecule has 0 aliphatic heterocycles. The first kappa shape index (κ1) is 93.9. The third-order valence-electron chi connectivity index (χ3n) is 0. The minimum atomic E-state index is -4.64. The Morgan fingerprint density at radius 3 is 0.667 bits per heavy atom. The zero-order valence-electron chi connectivity index (χ0n) is 4.65. The second-order valence-corrected chi connectivity index (χ2v) is 1.54. The zero-order chi connectivity index (χ0) is 4.50. The van der Waals surface area contributed by atoms with Crippen molar-refractivity contribution in [3.8, 4) is 0 Å². The van der Waals surface area contributed by atoms with E-state index >= 15 is 0 Å². The van der Waals surface area contributed by atoms with Gasteiger partial charge in [0.1, 0.15) is 0 Å². The number of hydrogen-bond donors (Lipinski definition) is 3. The Bertz CT molecular complexity index is 65.7. The zero-order valence-corrected chi connectivity index (χ0v) is 5.54. The van der Waals surface area contributed by atoms with Gasteiger partial charge in [-0.15, -0.1) is 0 Å². The predicted octanol–water partition coefficient (Wildman–Crippen LogP) is -0.930. The molecule has 0 saturated heterocycles. The molecule has 12 heteroatoms. The van der Waals surface area contributed by atoms with Gasteiger partial charge in [-0.05, 0) is 0 Å². The van der Waals surface area contributed by atoms with Crippen molar-refractivity contribution in [2.75, 3.05) is 0 Å². The van der Waals surface area contributed by atoms with Gasteiger partial charge in [0.2, 0.25) is 0 Å². The van der Waals surface area contributed by atoms with Gasteiger partial charge in [0.15, 0.2) is 0 Å². The van der Waals surface area contributed by atoms with Gasteiger partial charge in [-0.1, -0.05) is 0 Å². The van der Waals surface area contributed by atoms with Crippen LogP contribution in [0.15, 0.2) is 0 Å². The van der Waals surface area contributed by atoms with Gasteiger partial charge >= 0.3 is 17.9 Å². The van der Waals surface area contributed by atoms with E-state index in [1.165, 1.54) is 0 Å². The molecule has 0 aromatic heterocycles. The minimum absolute atomic E-state index is 0. The molecule has 0 aromatic rings. The van der Waals surface area contributed by atoms with Crippen molar-refractivity contribution in [3.63, 3.8) is 0 Å². The molecule has 0 aliphatic rings. The molecule has 84 valence electrons. The Morgan fingerprint density at radius 1 is 0.667 bits per heavy atom. The molecule has 0 aromatic carbocycles. The van der Waals surface area contributed by atoms with Gasteiger partial charge in [-0.25, -0.2) is 4.57 Å². The van der Waals surface area contributed by atoms with E-state index in [4.69, 9.17) is 19.2 Å². The van der Waals surface area contributed by atoms with Crippen LogP contribution in [0.1, 0.15) is 0 Å². The second-order valence-electron chi connectivity index (χ2n) is 0.513. The summed E-state index contributed by atoms with van der Waals surface area (Å²) >= 11 is 0. The summed E-state index contributed by atoms with van der Waals surface area (Å²) in [6.45, 7) is 0. The average molecular weight is 229 g/mol. The van der Waals surface area contributed by atoms with E-state index < -0.39 is 7.82 Å². The van der Waals surface area contributed by atoms with Crippen LogP contribution in [-0.2, 0) is 4.57 Å². The van der Waals surface area contributed by atoms with Crippen molar-refractivity contribution in [1.29, 1.82) is 0 Å². The molecule has 0 saturated carbocycles. The summed E-state index contributed by atoms with van der Waals surface area (Å²) in [5.41, 5.74) is 0. The molecule has 0 spiro atoms. The van der Waals surface area contributed by atoms with Crippen LogP contribution in [0.2, 0.25) is 0 Å². The molecular weight excluding hydrogens is 218 g/mol. The second kappa shape index (κ2) is 30.7. The third kappa shape index (κ3) is 38800. The van der Waals surface area contributed by atoms with Crippen LogP contribution >= 0.6 is 7.82 Å². The molecule has 0 rings (SSSR count). The first-order valence-electron chi connectivity index (χ1n) is 0.783. The molecule has 0 fully saturated rings. The Kier molecular flexibility index (Phi) is 241. The molecule has 0 aliphatic carbocycles. The van der Waals surface area contributed by atoms with Crippen LogP contribution in [0.5, 0.6) is 0 Å². The summed E-state index contributed by atoms with van der Waals surface area (Å²) in [7, 11) is -4.64. The molecule has 0 atom stereocenters. The van der Waals surface area contributed by atoms with Gasteiger partial charge in [0.25, 0.3) is 0 Å². The van der Waals surface area contributed by atoms with E-state index in [0.717, 1.165) is 0 Å². The molecule has 0 amide bonds. The molecule has 4 nitrogen and oxygen atoms in total. The first-order valence-corrected chi connectivity index (χ1v) is 2.35. The van der Waals surface area contributed by atoms with Gasteiger partial charge < -0.3 is 14.7 Å². The van der Waals surface area contributed by atoms with Gasteiger partial charge in [-0.2, -0.15) is 0 Å².